The summed E-state index contributed by atoms with van der Waals surface area (Å²) in [6.07, 6.45) is 3.56. The van der Waals surface area contributed by atoms with Gasteiger partial charge in [0, 0.05) is 39.0 Å². The van der Waals surface area contributed by atoms with E-state index in [1.54, 1.807) is 31.5 Å². The van der Waals surface area contributed by atoms with E-state index in [2.05, 4.69) is 10.2 Å². The van der Waals surface area contributed by atoms with Gasteiger partial charge in [0.15, 0.2) is 0 Å². The van der Waals surface area contributed by atoms with E-state index < -0.39 is 0 Å². The minimum Gasteiger partial charge on any atom is -0.380 e. The summed E-state index contributed by atoms with van der Waals surface area (Å²) in [5.41, 5.74) is 6.43. The van der Waals surface area contributed by atoms with Crippen LogP contribution < -0.4 is 5.73 Å². The smallest absolute Gasteiger partial charge is 0.225 e. The highest BCUT2D eigenvalue weighted by atomic mass is 16.5. The summed E-state index contributed by atoms with van der Waals surface area (Å²) in [6, 6.07) is 0. The molecular formula is C10H18N4O2. The molecule has 0 aliphatic carbocycles. The van der Waals surface area contributed by atoms with Crippen LogP contribution in [-0.4, -0.2) is 47.8 Å². The number of methoxy groups -OCH3 is 1. The van der Waals surface area contributed by atoms with Gasteiger partial charge < -0.3 is 15.4 Å². The molecule has 0 radical (unpaired) electrons. The van der Waals surface area contributed by atoms with Crippen LogP contribution in [-0.2, 0) is 16.1 Å². The van der Waals surface area contributed by atoms with Gasteiger partial charge in [-0.3, -0.25) is 9.89 Å². The van der Waals surface area contributed by atoms with Crippen molar-refractivity contribution in [3.8, 4) is 0 Å². The van der Waals surface area contributed by atoms with E-state index in [1.807, 2.05) is 0 Å². The maximum atomic E-state index is 11.8. The van der Waals surface area contributed by atoms with Crippen molar-refractivity contribution >= 4 is 5.91 Å². The molecule has 0 aliphatic rings. The maximum Gasteiger partial charge on any atom is 0.225 e. The second kappa shape index (κ2) is 6.24. The molecule has 0 aliphatic heterocycles. The molecule has 1 rings (SSSR count). The average molecular weight is 226 g/mol. The number of amides is 1. The summed E-state index contributed by atoms with van der Waals surface area (Å²) < 4.78 is 5.06. The molecule has 0 saturated carbocycles. The summed E-state index contributed by atoms with van der Waals surface area (Å²) in [5, 5.41) is 6.52. The first kappa shape index (κ1) is 12.7. The highest BCUT2D eigenvalue weighted by Gasteiger charge is 2.15. The van der Waals surface area contributed by atoms with Gasteiger partial charge in [-0.15, -0.1) is 0 Å². The van der Waals surface area contributed by atoms with Crippen LogP contribution in [0.2, 0.25) is 0 Å². The van der Waals surface area contributed by atoms with Gasteiger partial charge in [0.1, 0.15) is 0 Å². The number of carbonyl (C=O) groups excluding carboxylic acids is 1. The SMILES string of the molecule is COC(CN)CC(=O)N(C)Cc1cn[nH]c1. The molecule has 1 heterocycles. The zero-order chi connectivity index (χ0) is 12.0. The minimum atomic E-state index is -0.209. The number of nitrogens with one attached hydrogen (secondary N) is 1. The Morgan fingerprint density at radius 2 is 2.50 bits per heavy atom. The van der Waals surface area contributed by atoms with Gasteiger partial charge in [0.05, 0.1) is 18.7 Å². The van der Waals surface area contributed by atoms with Crippen LogP contribution in [0.25, 0.3) is 0 Å². The van der Waals surface area contributed by atoms with Crippen LogP contribution in [0.4, 0.5) is 0 Å². The third kappa shape index (κ3) is 3.63. The van der Waals surface area contributed by atoms with Crippen LogP contribution in [0.1, 0.15) is 12.0 Å². The second-order valence-electron chi connectivity index (χ2n) is 3.65. The number of rotatable bonds is 6. The van der Waals surface area contributed by atoms with Crippen LogP contribution in [0.5, 0.6) is 0 Å². The summed E-state index contributed by atoms with van der Waals surface area (Å²) in [4.78, 5) is 13.4. The fraction of sp³-hybridized carbons (Fsp3) is 0.600. The average Bonchev–Trinajstić information content (AvgIpc) is 2.78. The van der Waals surface area contributed by atoms with Gasteiger partial charge in [-0.05, 0) is 0 Å². The summed E-state index contributed by atoms with van der Waals surface area (Å²) in [5.74, 6) is 0.0125. The first-order valence-corrected chi connectivity index (χ1v) is 5.11. The van der Waals surface area contributed by atoms with Gasteiger partial charge in [0.2, 0.25) is 5.91 Å². The lowest BCUT2D eigenvalue weighted by Gasteiger charge is -2.19. The zero-order valence-electron chi connectivity index (χ0n) is 9.64. The Balaban J connectivity index is 2.41. The molecule has 1 aromatic rings. The molecule has 90 valence electrons. The van der Waals surface area contributed by atoms with Crippen molar-refractivity contribution in [1.29, 1.82) is 0 Å². The molecule has 6 nitrogen and oxygen atoms in total. The molecule has 0 aromatic carbocycles. The Hall–Kier alpha value is -1.40. The monoisotopic (exact) mass is 226 g/mol. The molecule has 0 saturated heterocycles. The van der Waals surface area contributed by atoms with Crippen molar-refractivity contribution in [2.45, 2.75) is 19.1 Å². The number of aromatic amines is 1. The van der Waals surface area contributed by atoms with Crippen LogP contribution in [0, 0.1) is 0 Å². The lowest BCUT2D eigenvalue weighted by atomic mass is 10.2. The van der Waals surface area contributed by atoms with Crippen LogP contribution in [0.15, 0.2) is 12.4 Å². The Morgan fingerprint density at radius 3 is 3.00 bits per heavy atom. The summed E-state index contributed by atoms with van der Waals surface area (Å²) >= 11 is 0. The van der Waals surface area contributed by atoms with E-state index >= 15 is 0 Å². The predicted octanol–water partition coefficient (Wildman–Crippen LogP) is -0.268. The number of hydrogen-bond acceptors (Lipinski definition) is 4. The maximum absolute atomic E-state index is 11.8. The second-order valence-corrected chi connectivity index (χ2v) is 3.65. The van der Waals surface area contributed by atoms with Crippen LogP contribution in [0.3, 0.4) is 0 Å². The molecule has 1 aromatic heterocycles. The number of hydrogen-bond donors (Lipinski definition) is 2. The van der Waals surface area contributed by atoms with Gasteiger partial charge in [0.25, 0.3) is 0 Å². The van der Waals surface area contributed by atoms with Crippen molar-refractivity contribution in [2.24, 2.45) is 5.73 Å². The normalized spacial score (nSPS) is 12.4. The fourth-order valence-electron chi connectivity index (χ4n) is 1.34. The lowest BCUT2D eigenvalue weighted by Crippen LogP contribution is -2.33. The van der Waals surface area contributed by atoms with E-state index in [-0.39, 0.29) is 12.0 Å². The molecule has 1 atom stereocenters. The first-order chi connectivity index (χ1) is 7.67. The van der Waals surface area contributed by atoms with Gasteiger partial charge in [-0.25, -0.2) is 0 Å². The predicted molar refractivity (Wildman–Crippen MR) is 59.5 cm³/mol. The van der Waals surface area contributed by atoms with Crippen molar-refractivity contribution in [1.82, 2.24) is 15.1 Å². The van der Waals surface area contributed by atoms with Gasteiger partial charge in [-0.2, -0.15) is 5.10 Å². The number of aromatic nitrogens is 2. The van der Waals surface area contributed by atoms with Crippen LogP contribution >= 0.6 is 0 Å². The van der Waals surface area contributed by atoms with Crippen molar-refractivity contribution < 1.29 is 9.53 Å². The molecule has 16 heavy (non-hydrogen) atoms. The van der Waals surface area contributed by atoms with Gasteiger partial charge >= 0.3 is 0 Å². The molecule has 1 unspecified atom stereocenters. The summed E-state index contributed by atoms with van der Waals surface area (Å²) in [6.45, 7) is 0.887. The van der Waals surface area contributed by atoms with Crippen molar-refractivity contribution in [3.05, 3.63) is 18.0 Å². The fourth-order valence-corrected chi connectivity index (χ4v) is 1.34. The lowest BCUT2D eigenvalue weighted by molar-refractivity contribution is -0.132. The quantitative estimate of drug-likeness (QED) is 0.699. The third-order valence-electron chi connectivity index (χ3n) is 2.40. The van der Waals surface area contributed by atoms with Gasteiger partial charge in [-0.1, -0.05) is 0 Å². The molecule has 1 amide bonds. The number of H-pyrrole nitrogens is 1. The van der Waals surface area contributed by atoms with E-state index in [9.17, 15) is 4.79 Å². The molecule has 0 fully saturated rings. The largest absolute Gasteiger partial charge is 0.380 e. The Bertz CT molecular complexity index is 309. The zero-order valence-corrected chi connectivity index (χ0v) is 9.64. The summed E-state index contributed by atoms with van der Waals surface area (Å²) in [7, 11) is 3.31. The first-order valence-electron chi connectivity index (χ1n) is 5.11. The number of carbonyl (C=O) groups is 1. The van der Waals surface area contributed by atoms with E-state index in [4.69, 9.17) is 10.5 Å². The standard InChI is InChI=1S/C10H18N4O2/c1-14(7-8-5-12-13-6-8)10(15)3-9(4-11)16-2/h5-6,9H,3-4,7,11H2,1-2H3,(H,12,13). The molecule has 6 heteroatoms. The number of nitrogens with zero attached hydrogens (tertiary/aromatic N) is 2. The highest BCUT2D eigenvalue weighted by molar-refractivity contribution is 5.76. The Morgan fingerprint density at radius 1 is 1.75 bits per heavy atom. The van der Waals surface area contributed by atoms with E-state index in [1.165, 1.54) is 0 Å². The Labute approximate surface area is 94.8 Å². The number of ether oxygens (including phenoxy) is 1. The van der Waals surface area contributed by atoms with Crippen molar-refractivity contribution in [3.63, 3.8) is 0 Å². The third-order valence-corrected chi connectivity index (χ3v) is 2.40. The highest BCUT2D eigenvalue weighted by Crippen LogP contribution is 2.04. The molecule has 0 spiro atoms. The molecular weight excluding hydrogens is 208 g/mol. The molecule has 3 N–H and O–H groups in total. The number of nitrogens with two attached hydrogens (primary N) is 1. The Kier molecular flexibility index (Phi) is 4.94. The van der Waals surface area contributed by atoms with E-state index in [0.29, 0.717) is 19.5 Å². The molecule has 0 bridgehead atoms. The topological polar surface area (TPSA) is 84.2 Å². The van der Waals surface area contributed by atoms with Crippen molar-refractivity contribution in [2.75, 3.05) is 20.7 Å². The van der Waals surface area contributed by atoms with E-state index in [0.717, 1.165) is 5.56 Å². The minimum absolute atomic E-state index is 0.0125.